The average Bonchev–Trinajstić information content (AvgIpc) is 2.76. The topological polar surface area (TPSA) is 119 Å². The van der Waals surface area contributed by atoms with Crippen LogP contribution in [-0.4, -0.2) is 108 Å². The highest BCUT2D eigenvalue weighted by atomic mass is 19.4. The molecule has 0 bridgehead atoms. The Morgan fingerprint density at radius 3 is 1.45 bits per heavy atom. The second kappa shape index (κ2) is 14.0. The number of piperidine rings is 2. The molecule has 0 aromatic rings. The van der Waals surface area contributed by atoms with Gasteiger partial charge in [0.1, 0.15) is 5.60 Å². The third kappa shape index (κ3) is 10.3. The predicted molar refractivity (Wildman–Crippen MR) is 132 cm³/mol. The summed E-state index contributed by atoms with van der Waals surface area (Å²) >= 11 is 0. The minimum absolute atomic E-state index is 0.0963. The Bertz CT molecular complexity index is 811. The van der Waals surface area contributed by atoms with E-state index in [9.17, 15) is 27.6 Å². The van der Waals surface area contributed by atoms with Gasteiger partial charge in [-0.1, -0.05) is 0 Å². The highest BCUT2D eigenvalue weighted by Crippen LogP contribution is 2.23. The Morgan fingerprint density at radius 2 is 1.13 bits per heavy atom. The van der Waals surface area contributed by atoms with Gasteiger partial charge in [0.2, 0.25) is 11.8 Å². The fourth-order valence-corrected chi connectivity index (χ4v) is 4.29. The number of aliphatic carboxylic acids is 1. The molecule has 38 heavy (non-hydrogen) atoms. The maximum absolute atomic E-state index is 12.1. The van der Waals surface area contributed by atoms with E-state index < -0.39 is 17.7 Å². The molecule has 0 aromatic heterocycles. The van der Waals surface area contributed by atoms with Crippen LogP contribution in [0.2, 0.25) is 0 Å². The van der Waals surface area contributed by atoms with Gasteiger partial charge in [-0.3, -0.25) is 9.59 Å². The average molecular weight is 551 g/mol. The van der Waals surface area contributed by atoms with Crippen molar-refractivity contribution in [3.8, 4) is 0 Å². The van der Waals surface area contributed by atoms with E-state index in [0.29, 0.717) is 24.9 Å². The molecule has 0 aromatic carbocycles. The van der Waals surface area contributed by atoms with Gasteiger partial charge in [0.05, 0.1) is 0 Å². The van der Waals surface area contributed by atoms with Gasteiger partial charge in [0.25, 0.3) is 0 Å². The molecule has 4 aliphatic heterocycles. The summed E-state index contributed by atoms with van der Waals surface area (Å²) in [6.45, 7) is 12.7. The van der Waals surface area contributed by atoms with Crippen LogP contribution >= 0.6 is 0 Å². The molecule has 4 rings (SSSR count). The van der Waals surface area contributed by atoms with E-state index in [0.717, 1.165) is 71.4 Å². The number of carbonyl (C=O) groups excluding carboxylic acids is 3. The van der Waals surface area contributed by atoms with Crippen molar-refractivity contribution in [1.29, 1.82) is 0 Å². The zero-order valence-electron chi connectivity index (χ0n) is 22.5. The summed E-state index contributed by atoms with van der Waals surface area (Å²) in [5.74, 6) is -1.66. The Morgan fingerprint density at radius 1 is 0.737 bits per heavy atom. The maximum atomic E-state index is 12.1. The monoisotopic (exact) mass is 550 g/mol. The lowest BCUT2D eigenvalue weighted by molar-refractivity contribution is -0.192. The minimum Gasteiger partial charge on any atom is -0.475 e. The number of nitrogens with one attached hydrogen (secondary N) is 1. The molecule has 218 valence electrons. The van der Waals surface area contributed by atoms with E-state index in [1.807, 2.05) is 30.6 Å². The van der Waals surface area contributed by atoms with Crippen LogP contribution in [0.4, 0.5) is 18.0 Å². The molecule has 0 radical (unpaired) electrons. The van der Waals surface area contributed by atoms with Crippen LogP contribution in [-0.2, 0) is 19.1 Å². The number of ether oxygens (including phenoxy) is 1. The lowest BCUT2D eigenvalue weighted by Crippen LogP contribution is -2.49. The zero-order chi connectivity index (χ0) is 28.5. The van der Waals surface area contributed by atoms with Crippen molar-refractivity contribution in [3.05, 3.63) is 0 Å². The van der Waals surface area contributed by atoms with E-state index >= 15 is 0 Å². The first-order valence-corrected chi connectivity index (χ1v) is 13.3. The van der Waals surface area contributed by atoms with Crippen LogP contribution in [0.1, 0.15) is 59.3 Å². The van der Waals surface area contributed by atoms with Crippen molar-refractivity contribution in [3.63, 3.8) is 0 Å². The summed E-state index contributed by atoms with van der Waals surface area (Å²) in [5, 5.41) is 10.4. The highest BCUT2D eigenvalue weighted by Gasteiger charge is 2.38. The first-order valence-electron chi connectivity index (χ1n) is 13.3. The molecular weight excluding hydrogens is 509 g/mol. The van der Waals surface area contributed by atoms with Gasteiger partial charge in [0.15, 0.2) is 0 Å². The number of rotatable bonds is 2. The van der Waals surface area contributed by atoms with Crippen molar-refractivity contribution in [1.82, 2.24) is 20.0 Å². The van der Waals surface area contributed by atoms with Crippen molar-refractivity contribution < 1.29 is 42.2 Å². The van der Waals surface area contributed by atoms with Crippen molar-refractivity contribution in [2.24, 2.45) is 11.8 Å². The number of amides is 3. The first kappa shape index (κ1) is 31.6. The molecule has 4 saturated heterocycles. The predicted octanol–water partition coefficient (Wildman–Crippen LogP) is 2.72. The maximum Gasteiger partial charge on any atom is 0.490 e. The summed E-state index contributed by atoms with van der Waals surface area (Å²) < 4.78 is 37.1. The third-order valence-electron chi connectivity index (χ3n) is 6.76. The number of nitrogens with zero attached hydrogens (tertiary/aromatic N) is 3. The van der Waals surface area contributed by atoms with E-state index in [1.165, 1.54) is 6.42 Å². The summed E-state index contributed by atoms with van der Waals surface area (Å²) in [6.07, 6.45) is 0.579. The Hall–Kier alpha value is -2.57. The van der Waals surface area contributed by atoms with Gasteiger partial charge in [-0.2, -0.15) is 13.2 Å². The number of hydrogen-bond acceptors (Lipinski definition) is 6. The number of halogens is 3. The van der Waals surface area contributed by atoms with Crippen LogP contribution in [0.25, 0.3) is 0 Å². The number of likely N-dealkylation sites (tertiary alicyclic amines) is 3. The quantitative estimate of drug-likeness (QED) is 0.543. The van der Waals surface area contributed by atoms with E-state index in [1.54, 1.807) is 4.90 Å². The fraction of sp³-hybridized carbons (Fsp3) is 0.840. The fourth-order valence-electron chi connectivity index (χ4n) is 4.29. The molecule has 2 N–H and O–H groups in total. The third-order valence-corrected chi connectivity index (χ3v) is 6.76. The molecule has 4 fully saturated rings. The van der Waals surface area contributed by atoms with Crippen molar-refractivity contribution in [2.45, 2.75) is 71.1 Å². The molecular formula is C25H41F3N4O6. The van der Waals surface area contributed by atoms with Gasteiger partial charge in [-0.25, -0.2) is 9.59 Å². The molecule has 0 spiro atoms. The normalized spacial score (nSPS) is 20.5. The summed E-state index contributed by atoms with van der Waals surface area (Å²) in [7, 11) is 0. The largest absolute Gasteiger partial charge is 0.490 e. The molecule has 0 unspecified atom stereocenters. The van der Waals surface area contributed by atoms with Gasteiger partial charge < -0.3 is 29.9 Å². The molecule has 13 heteroatoms. The number of hydrogen-bond donors (Lipinski definition) is 2. The lowest BCUT2D eigenvalue weighted by Gasteiger charge is -2.38. The van der Waals surface area contributed by atoms with Crippen molar-refractivity contribution in [2.75, 3.05) is 52.4 Å². The second-order valence-electron chi connectivity index (χ2n) is 10.9. The van der Waals surface area contributed by atoms with Crippen LogP contribution in [0, 0.1) is 11.8 Å². The number of carboxylic acids is 1. The van der Waals surface area contributed by atoms with Crippen LogP contribution in [0.5, 0.6) is 0 Å². The summed E-state index contributed by atoms with van der Waals surface area (Å²) in [6, 6.07) is 0. The summed E-state index contributed by atoms with van der Waals surface area (Å²) in [5.41, 5.74) is -0.457. The number of carbonyl (C=O) groups is 4. The smallest absolute Gasteiger partial charge is 0.475 e. The van der Waals surface area contributed by atoms with E-state index in [4.69, 9.17) is 14.6 Å². The standard InChI is InChI=1S/C14H24N2O3.C9H16N2O.C2HF3O2/c1-14(2,3)19-13(18)16-9-5-11(6-10-16)12(17)15-7-4-8-15;12-9(11-6-1-7-11)8-2-4-10-5-3-8;3-2(4,5)1(6)7/h11H,4-10H2,1-3H3;8,10H,1-7H2;(H,6,7). The minimum atomic E-state index is -5.08. The number of alkyl halides is 3. The molecule has 0 atom stereocenters. The molecule has 4 aliphatic rings. The SMILES string of the molecule is CC(C)(C)OC(=O)N1CCC(C(=O)N2CCC2)CC1.O=C(C1CCNCC1)N1CCC1.O=C(O)C(F)(F)F. The number of carboxylic acid groups (broad SMARTS) is 1. The molecule has 0 aliphatic carbocycles. The summed E-state index contributed by atoms with van der Waals surface area (Å²) in [4.78, 5) is 50.2. The molecule has 3 amide bonds. The highest BCUT2D eigenvalue weighted by molar-refractivity contribution is 5.80. The van der Waals surface area contributed by atoms with E-state index in [-0.39, 0.29) is 17.9 Å². The molecule has 4 heterocycles. The molecule has 10 nitrogen and oxygen atoms in total. The Labute approximate surface area is 221 Å². The molecule has 0 saturated carbocycles. The van der Waals surface area contributed by atoms with Gasteiger partial charge in [-0.05, 0) is 72.4 Å². The van der Waals surface area contributed by atoms with Crippen LogP contribution in [0.15, 0.2) is 0 Å². The Kier molecular flexibility index (Phi) is 11.7. The van der Waals surface area contributed by atoms with Crippen LogP contribution in [0.3, 0.4) is 0 Å². The van der Waals surface area contributed by atoms with Crippen molar-refractivity contribution >= 4 is 23.9 Å². The second-order valence-corrected chi connectivity index (χ2v) is 10.9. The van der Waals surface area contributed by atoms with Gasteiger partial charge in [-0.15, -0.1) is 0 Å². The van der Waals surface area contributed by atoms with E-state index in [2.05, 4.69) is 5.32 Å². The lowest BCUT2D eigenvalue weighted by atomic mass is 9.94. The van der Waals surface area contributed by atoms with Crippen LogP contribution < -0.4 is 5.32 Å². The first-order chi connectivity index (χ1) is 17.7. The Balaban J connectivity index is 0.000000227. The van der Waals surface area contributed by atoms with Gasteiger partial charge >= 0.3 is 18.2 Å². The zero-order valence-corrected chi connectivity index (χ0v) is 22.5. The van der Waals surface area contributed by atoms with Gasteiger partial charge in [0, 0.05) is 51.1 Å².